The van der Waals surface area contributed by atoms with Gasteiger partial charge in [-0.1, -0.05) is 32.5 Å². The molecule has 0 aliphatic carbocycles. The molecule has 114 valence electrons. The molecule has 0 unspecified atom stereocenters. The fourth-order valence-electron chi connectivity index (χ4n) is 1.72. The third kappa shape index (κ3) is 5.01. The molecule has 1 heterocycles. The van der Waals surface area contributed by atoms with Gasteiger partial charge in [-0.05, 0) is 13.1 Å². The quantitative estimate of drug-likeness (QED) is 0.497. The molecule has 0 radical (unpaired) electrons. The molecule has 0 saturated heterocycles. The van der Waals surface area contributed by atoms with Crippen molar-refractivity contribution in [3.05, 3.63) is 5.82 Å². The molecular weight excluding hydrogens is 276 g/mol. The maximum Gasteiger partial charge on any atom is 0.230 e. The first-order valence-electron chi connectivity index (χ1n) is 6.93. The summed E-state index contributed by atoms with van der Waals surface area (Å²) in [7, 11) is 0. The second-order valence-corrected chi connectivity index (χ2v) is 5.23. The van der Waals surface area contributed by atoms with Gasteiger partial charge in [-0.3, -0.25) is 4.79 Å². The van der Waals surface area contributed by atoms with Crippen LogP contribution < -0.4 is 11.2 Å². The minimum absolute atomic E-state index is 0.0109. The summed E-state index contributed by atoms with van der Waals surface area (Å²) in [6.07, 6.45) is 0.722. The molecule has 0 saturated carbocycles. The first-order valence-corrected chi connectivity index (χ1v) is 7.92. The minimum Gasteiger partial charge on any atom is -0.354 e. The number of carbonyl (C=O) groups excluding carboxylic acids is 1. The normalized spacial score (nSPS) is 11.0. The summed E-state index contributed by atoms with van der Waals surface area (Å²) >= 11 is 1.30. The van der Waals surface area contributed by atoms with Crippen molar-refractivity contribution in [3.8, 4) is 0 Å². The fourth-order valence-corrected chi connectivity index (χ4v) is 2.43. The third-order valence-electron chi connectivity index (χ3n) is 3.03. The van der Waals surface area contributed by atoms with E-state index in [4.69, 9.17) is 5.84 Å². The highest BCUT2D eigenvalue weighted by Crippen LogP contribution is 2.13. The second-order valence-electron chi connectivity index (χ2n) is 4.29. The Bertz CT molecular complexity index is 418. The molecule has 0 aliphatic rings. The molecule has 1 amide bonds. The highest BCUT2D eigenvalue weighted by atomic mass is 32.2. The Balaban J connectivity index is 2.27. The van der Waals surface area contributed by atoms with E-state index in [1.807, 2.05) is 6.92 Å². The summed E-state index contributed by atoms with van der Waals surface area (Å²) in [5, 5.41) is 11.4. The Morgan fingerprint density at radius 1 is 1.35 bits per heavy atom. The molecule has 0 aromatic carbocycles. The van der Waals surface area contributed by atoms with Crippen LogP contribution in [0, 0.1) is 0 Å². The van der Waals surface area contributed by atoms with E-state index in [1.165, 1.54) is 16.4 Å². The highest BCUT2D eigenvalue weighted by Gasteiger charge is 2.10. The molecule has 0 spiro atoms. The first-order chi connectivity index (χ1) is 9.62. The predicted octanol–water partition coefficient (Wildman–Crippen LogP) is 0.104. The van der Waals surface area contributed by atoms with E-state index in [9.17, 15) is 4.79 Å². The topological polar surface area (TPSA) is 89.1 Å². The summed E-state index contributed by atoms with van der Waals surface area (Å²) in [6.45, 7) is 9.71. The fraction of sp³-hybridized carbons (Fsp3) is 0.750. The zero-order valence-electron chi connectivity index (χ0n) is 12.4. The Hall–Kier alpha value is -1.28. The number of nitrogens with two attached hydrogens (primary N) is 1. The summed E-state index contributed by atoms with van der Waals surface area (Å²) in [5.74, 6) is 6.82. The van der Waals surface area contributed by atoms with Gasteiger partial charge in [-0.25, -0.2) is 4.68 Å². The summed E-state index contributed by atoms with van der Waals surface area (Å²) in [5.41, 5.74) is 0. The van der Waals surface area contributed by atoms with Crippen LogP contribution in [0.4, 0.5) is 0 Å². The Morgan fingerprint density at radius 2 is 2.05 bits per heavy atom. The van der Waals surface area contributed by atoms with Gasteiger partial charge in [-0.15, -0.1) is 10.2 Å². The van der Waals surface area contributed by atoms with Crippen molar-refractivity contribution in [1.29, 1.82) is 0 Å². The molecule has 20 heavy (non-hydrogen) atoms. The van der Waals surface area contributed by atoms with Gasteiger partial charge in [0, 0.05) is 19.5 Å². The highest BCUT2D eigenvalue weighted by molar-refractivity contribution is 7.99. The lowest BCUT2D eigenvalue weighted by atomic mass is 10.4. The van der Waals surface area contributed by atoms with Crippen molar-refractivity contribution in [2.75, 3.05) is 37.8 Å². The maximum absolute atomic E-state index is 11.7. The average molecular weight is 300 g/mol. The molecule has 1 aromatic rings. The first kappa shape index (κ1) is 16.8. The van der Waals surface area contributed by atoms with Gasteiger partial charge in [0.25, 0.3) is 0 Å². The monoisotopic (exact) mass is 300 g/mol. The van der Waals surface area contributed by atoms with Crippen LogP contribution in [0.15, 0.2) is 5.16 Å². The van der Waals surface area contributed by atoms with Crippen molar-refractivity contribution in [2.24, 2.45) is 0 Å². The Morgan fingerprint density at radius 3 is 2.60 bits per heavy atom. The van der Waals surface area contributed by atoms with Gasteiger partial charge in [0.15, 0.2) is 5.82 Å². The number of amides is 1. The maximum atomic E-state index is 11.7. The van der Waals surface area contributed by atoms with Crippen LogP contribution in [-0.2, 0) is 11.2 Å². The van der Waals surface area contributed by atoms with Crippen LogP contribution in [0.25, 0.3) is 0 Å². The van der Waals surface area contributed by atoms with Gasteiger partial charge in [-0.2, -0.15) is 0 Å². The lowest BCUT2D eigenvalue weighted by Crippen LogP contribution is -2.35. The van der Waals surface area contributed by atoms with Crippen molar-refractivity contribution < 1.29 is 4.79 Å². The van der Waals surface area contributed by atoms with Crippen molar-refractivity contribution in [2.45, 2.75) is 32.3 Å². The molecule has 0 bridgehead atoms. The SMILES string of the molecule is CCc1nnc(SCC(=O)NCCN(CC)CC)n1N. The lowest BCUT2D eigenvalue weighted by molar-refractivity contribution is -0.118. The smallest absolute Gasteiger partial charge is 0.230 e. The van der Waals surface area contributed by atoms with Crippen LogP contribution in [0.5, 0.6) is 0 Å². The van der Waals surface area contributed by atoms with E-state index >= 15 is 0 Å². The van der Waals surface area contributed by atoms with Gasteiger partial charge >= 0.3 is 0 Å². The number of carbonyl (C=O) groups is 1. The van der Waals surface area contributed by atoms with E-state index in [0.29, 0.717) is 17.5 Å². The molecule has 1 rings (SSSR count). The number of thioether (sulfide) groups is 1. The number of likely N-dealkylation sites (N-methyl/N-ethyl adjacent to an activating group) is 1. The number of hydrogen-bond donors (Lipinski definition) is 2. The molecule has 0 fully saturated rings. The lowest BCUT2D eigenvalue weighted by Gasteiger charge is -2.17. The standard InChI is InChI=1S/C12H24N6OS/c1-4-10-15-16-12(18(10)13)20-9-11(19)14-7-8-17(5-2)6-3/h4-9,13H2,1-3H3,(H,14,19). The number of aryl methyl sites for hydroxylation is 1. The predicted molar refractivity (Wildman–Crippen MR) is 81.1 cm³/mol. The number of rotatable bonds is 9. The van der Waals surface area contributed by atoms with Crippen molar-refractivity contribution in [1.82, 2.24) is 25.1 Å². The second kappa shape index (κ2) is 8.80. The molecular formula is C12H24N6OS. The van der Waals surface area contributed by atoms with Crippen LogP contribution in [0.2, 0.25) is 0 Å². The van der Waals surface area contributed by atoms with Gasteiger partial charge in [0.2, 0.25) is 11.1 Å². The molecule has 0 aliphatic heterocycles. The number of nitrogen functional groups attached to an aromatic ring is 1. The number of aromatic nitrogens is 3. The van der Waals surface area contributed by atoms with E-state index in [2.05, 4.69) is 34.3 Å². The average Bonchev–Trinajstić information content (AvgIpc) is 2.81. The van der Waals surface area contributed by atoms with E-state index in [0.717, 1.165) is 31.9 Å². The van der Waals surface area contributed by atoms with Gasteiger partial charge in [0.05, 0.1) is 5.75 Å². The van der Waals surface area contributed by atoms with Crippen LogP contribution in [0.1, 0.15) is 26.6 Å². The van der Waals surface area contributed by atoms with Crippen LogP contribution >= 0.6 is 11.8 Å². The zero-order valence-corrected chi connectivity index (χ0v) is 13.2. The van der Waals surface area contributed by atoms with E-state index in [1.54, 1.807) is 0 Å². The zero-order chi connectivity index (χ0) is 15.0. The molecule has 7 nitrogen and oxygen atoms in total. The van der Waals surface area contributed by atoms with Crippen molar-refractivity contribution >= 4 is 17.7 Å². The largest absolute Gasteiger partial charge is 0.354 e. The molecule has 1 aromatic heterocycles. The molecule has 3 N–H and O–H groups in total. The minimum atomic E-state index is -0.0109. The molecule has 8 heteroatoms. The van der Waals surface area contributed by atoms with Crippen LogP contribution in [0.3, 0.4) is 0 Å². The van der Waals surface area contributed by atoms with Gasteiger partial charge < -0.3 is 16.1 Å². The van der Waals surface area contributed by atoms with E-state index < -0.39 is 0 Å². The Kier molecular flexibility index (Phi) is 7.38. The van der Waals surface area contributed by atoms with Gasteiger partial charge in [0.1, 0.15) is 0 Å². The molecule has 0 atom stereocenters. The third-order valence-corrected chi connectivity index (χ3v) is 3.97. The summed E-state index contributed by atoms with van der Waals surface area (Å²) < 4.78 is 1.44. The summed E-state index contributed by atoms with van der Waals surface area (Å²) in [4.78, 5) is 14.0. The Labute approximate surface area is 124 Å². The number of nitrogens with one attached hydrogen (secondary N) is 1. The van der Waals surface area contributed by atoms with E-state index in [-0.39, 0.29) is 5.91 Å². The van der Waals surface area contributed by atoms with Crippen LogP contribution in [-0.4, -0.2) is 57.6 Å². The summed E-state index contributed by atoms with van der Waals surface area (Å²) in [6, 6.07) is 0. The number of nitrogens with zero attached hydrogens (tertiary/aromatic N) is 4. The van der Waals surface area contributed by atoms with Crippen molar-refractivity contribution in [3.63, 3.8) is 0 Å². The number of hydrogen-bond acceptors (Lipinski definition) is 6.